The first kappa shape index (κ1) is 31.3. The summed E-state index contributed by atoms with van der Waals surface area (Å²) >= 11 is 0. The van der Waals surface area contributed by atoms with Crippen LogP contribution in [0.3, 0.4) is 0 Å². The Bertz CT molecular complexity index is 1670. The van der Waals surface area contributed by atoms with Gasteiger partial charge in [-0.2, -0.15) is 0 Å². The van der Waals surface area contributed by atoms with Gasteiger partial charge in [0.2, 0.25) is 0 Å². The lowest BCUT2D eigenvalue weighted by Gasteiger charge is -2.36. The van der Waals surface area contributed by atoms with E-state index < -0.39 is 16.6 Å². The van der Waals surface area contributed by atoms with Gasteiger partial charge in [-0.15, -0.1) is 0 Å². The van der Waals surface area contributed by atoms with Gasteiger partial charge in [0.25, 0.3) is 5.69 Å². The molecule has 0 heterocycles. The van der Waals surface area contributed by atoms with Gasteiger partial charge >= 0.3 is 0 Å². The molecule has 1 N–H and O–H groups in total. The molecule has 0 spiro atoms. The molecule has 5 aromatic rings. The fraction of sp³-hybridized carbons (Fsp3) is 0.189. The summed E-state index contributed by atoms with van der Waals surface area (Å²) in [5.74, 6) is 2.31. The number of nitro benzene ring substituents is 1. The molecule has 0 fully saturated rings. The number of aryl methyl sites for hydroxylation is 1. The third kappa shape index (κ3) is 6.82. The summed E-state index contributed by atoms with van der Waals surface area (Å²) in [6.07, 6.45) is -1.07. The van der Waals surface area contributed by atoms with Crippen LogP contribution in [0.4, 0.5) is 5.69 Å². The summed E-state index contributed by atoms with van der Waals surface area (Å²) in [5.41, 5.74) is 2.34. The minimum Gasteiger partial charge on any atom is -0.497 e. The quantitative estimate of drug-likeness (QED) is 0.0821. The molecule has 8 nitrogen and oxygen atoms in total. The second kappa shape index (κ2) is 14.1. The smallest absolute Gasteiger partial charge is 0.278 e. The summed E-state index contributed by atoms with van der Waals surface area (Å²) in [4.78, 5) is 11.6. The zero-order chi connectivity index (χ0) is 31.8. The molecule has 0 radical (unpaired) electrons. The topological polar surface area (TPSA) is 100 Å². The first-order valence-electron chi connectivity index (χ1n) is 14.5. The fourth-order valence-corrected chi connectivity index (χ4v) is 5.38. The Morgan fingerprint density at radius 3 is 1.82 bits per heavy atom. The first-order chi connectivity index (χ1) is 21.8. The van der Waals surface area contributed by atoms with Crippen molar-refractivity contribution in [1.29, 1.82) is 0 Å². The number of aliphatic hydroxyl groups is 1. The number of aliphatic hydroxyl groups excluding tert-OH is 1. The molecule has 45 heavy (non-hydrogen) atoms. The molecule has 1 atom stereocenters. The summed E-state index contributed by atoms with van der Waals surface area (Å²) in [7, 11) is 3.22. The van der Waals surface area contributed by atoms with Crippen LogP contribution in [0.15, 0.2) is 121 Å². The number of nitro groups is 1. The van der Waals surface area contributed by atoms with E-state index in [2.05, 4.69) is 0 Å². The Kier molecular flexibility index (Phi) is 9.77. The Balaban J connectivity index is 1.46. The molecule has 0 aliphatic rings. The number of para-hydroxylation sites is 1. The molecule has 8 heteroatoms. The minimum atomic E-state index is -1.17. The number of hydrogen-bond acceptors (Lipinski definition) is 7. The third-order valence-corrected chi connectivity index (χ3v) is 7.76. The summed E-state index contributed by atoms with van der Waals surface area (Å²) in [5, 5.41) is 23.3. The van der Waals surface area contributed by atoms with Crippen LogP contribution < -0.4 is 14.2 Å². The molecular weight excluding hydrogens is 570 g/mol. The van der Waals surface area contributed by atoms with Gasteiger partial charge in [-0.05, 0) is 71.6 Å². The van der Waals surface area contributed by atoms with Crippen molar-refractivity contribution >= 4 is 5.69 Å². The monoisotopic (exact) mass is 605 g/mol. The van der Waals surface area contributed by atoms with Crippen LogP contribution in [0.1, 0.15) is 40.3 Å². The molecule has 0 aliphatic carbocycles. The molecule has 0 aromatic heterocycles. The van der Waals surface area contributed by atoms with Crippen molar-refractivity contribution in [2.45, 2.75) is 25.0 Å². The van der Waals surface area contributed by atoms with Crippen LogP contribution in [0.25, 0.3) is 0 Å². The van der Waals surface area contributed by atoms with Gasteiger partial charge in [0.15, 0.2) is 0 Å². The van der Waals surface area contributed by atoms with Crippen molar-refractivity contribution in [1.82, 2.24) is 0 Å². The van der Waals surface area contributed by atoms with E-state index in [4.69, 9.17) is 18.9 Å². The summed E-state index contributed by atoms with van der Waals surface area (Å²) < 4.78 is 23.5. The van der Waals surface area contributed by atoms with Gasteiger partial charge in [-0.3, -0.25) is 10.1 Å². The number of nitrogens with zero attached hydrogens (tertiary/aromatic N) is 1. The summed E-state index contributed by atoms with van der Waals surface area (Å²) in [6.45, 7) is 1.97. The van der Waals surface area contributed by atoms with Crippen LogP contribution in [0, 0.1) is 17.0 Å². The van der Waals surface area contributed by atoms with Gasteiger partial charge in [-0.25, -0.2) is 0 Å². The Morgan fingerprint density at radius 2 is 1.27 bits per heavy atom. The zero-order valence-corrected chi connectivity index (χ0v) is 25.4. The van der Waals surface area contributed by atoms with Gasteiger partial charge < -0.3 is 24.1 Å². The van der Waals surface area contributed by atoms with E-state index in [1.165, 1.54) is 12.1 Å². The van der Waals surface area contributed by atoms with Crippen LogP contribution in [0.5, 0.6) is 23.0 Å². The molecule has 5 rings (SSSR count). The molecule has 0 bridgehead atoms. The molecule has 0 saturated heterocycles. The van der Waals surface area contributed by atoms with E-state index in [-0.39, 0.29) is 24.3 Å². The van der Waals surface area contributed by atoms with Crippen molar-refractivity contribution in [3.63, 3.8) is 0 Å². The molecule has 230 valence electrons. The van der Waals surface area contributed by atoms with Crippen molar-refractivity contribution in [3.05, 3.63) is 159 Å². The van der Waals surface area contributed by atoms with E-state index in [9.17, 15) is 15.2 Å². The highest BCUT2D eigenvalue weighted by molar-refractivity contribution is 5.51. The minimum absolute atomic E-state index is 0.0761. The zero-order valence-electron chi connectivity index (χ0n) is 25.4. The van der Waals surface area contributed by atoms with Gasteiger partial charge in [-0.1, -0.05) is 72.8 Å². The number of ether oxygens (including phenoxy) is 4. The highest BCUT2D eigenvalue weighted by Gasteiger charge is 2.38. The third-order valence-electron chi connectivity index (χ3n) is 7.76. The predicted octanol–water partition coefficient (Wildman–Crippen LogP) is 8.14. The lowest BCUT2D eigenvalue weighted by atomic mass is 9.80. The highest BCUT2D eigenvalue weighted by atomic mass is 16.6. The van der Waals surface area contributed by atoms with Gasteiger partial charge in [0, 0.05) is 6.42 Å². The number of benzene rings is 5. The van der Waals surface area contributed by atoms with E-state index in [0.29, 0.717) is 23.0 Å². The van der Waals surface area contributed by atoms with E-state index >= 15 is 0 Å². The molecular formula is C37H35NO7. The van der Waals surface area contributed by atoms with E-state index in [1.807, 2.05) is 104 Å². The van der Waals surface area contributed by atoms with Crippen LogP contribution >= 0.6 is 0 Å². The SMILES string of the molecule is COc1ccc(C(OCCC(O)c2ccc(Oc3ccccc3C)cc2[N+](=O)[O-])(c2ccccc2)c2ccc(OC)cc2)cc1. The highest BCUT2D eigenvalue weighted by Crippen LogP contribution is 2.42. The first-order valence-corrected chi connectivity index (χ1v) is 14.5. The van der Waals surface area contributed by atoms with Gasteiger partial charge in [0.05, 0.1) is 43.5 Å². The van der Waals surface area contributed by atoms with Gasteiger partial charge in [0.1, 0.15) is 28.6 Å². The Hall–Kier alpha value is -5.18. The second-order valence-electron chi connectivity index (χ2n) is 10.5. The lowest BCUT2D eigenvalue weighted by molar-refractivity contribution is -0.386. The predicted molar refractivity (Wildman–Crippen MR) is 172 cm³/mol. The lowest BCUT2D eigenvalue weighted by Crippen LogP contribution is -2.33. The maximum Gasteiger partial charge on any atom is 0.278 e. The van der Waals surface area contributed by atoms with Crippen LogP contribution in [-0.2, 0) is 10.3 Å². The standard InChI is InChI=1S/C37H35NO7/c1-26-9-7-8-12-36(26)45-32-21-22-33(34(25-32)38(40)41)35(39)23-24-44-37(27-10-5-4-6-11-27,28-13-17-30(42-2)18-14-28)29-15-19-31(43-3)20-16-29/h4-22,25,35,39H,23-24H2,1-3H3. The average molecular weight is 606 g/mol. The molecule has 0 saturated carbocycles. The van der Waals surface area contributed by atoms with Crippen molar-refractivity contribution in [2.24, 2.45) is 0 Å². The normalized spacial score (nSPS) is 11.9. The maximum absolute atomic E-state index is 12.1. The number of methoxy groups -OCH3 is 2. The van der Waals surface area contributed by atoms with Crippen molar-refractivity contribution in [2.75, 3.05) is 20.8 Å². The molecule has 0 aliphatic heterocycles. The van der Waals surface area contributed by atoms with E-state index in [1.54, 1.807) is 26.4 Å². The average Bonchev–Trinajstić information content (AvgIpc) is 3.08. The van der Waals surface area contributed by atoms with E-state index in [0.717, 1.165) is 22.3 Å². The number of rotatable bonds is 13. The number of hydrogen-bond donors (Lipinski definition) is 1. The van der Waals surface area contributed by atoms with Crippen LogP contribution in [0.2, 0.25) is 0 Å². The van der Waals surface area contributed by atoms with Crippen molar-refractivity contribution < 1.29 is 29.0 Å². The largest absolute Gasteiger partial charge is 0.497 e. The second-order valence-corrected chi connectivity index (χ2v) is 10.5. The summed E-state index contributed by atoms with van der Waals surface area (Å²) in [6, 6.07) is 37.0. The molecule has 0 amide bonds. The van der Waals surface area contributed by atoms with Crippen LogP contribution in [-0.4, -0.2) is 30.9 Å². The van der Waals surface area contributed by atoms with Crippen molar-refractivity contribution in [3.8, 4) is 23.0 Å². The molecule has 1 unspecified atom stereocenters. The Labute approximate surface area is 262 Å². The molecule has 5 aromatic carbocycles. The maximum atomic E-state index is 12.1. The Morgan fingerprint density at radius 1 is 0.733 bits per heavy atom. The fourth-order valence-electron chi connectivity index (χ4n) is 5.38.